The van der Waals surface area contributed by atoms with Gasteiger partial charge in [-0.2, -0.15) is 4.31 Å². The van der Waals surface area contributed by atoms with Crippen molar-refractivity contribution in [2.45, 2.75) is 4.90 Å². The molecular weight excluding hydrogens is 440 g/mol. The molecule has 0 atom stereocenters. The number of nitrogens with zero attached hydrogens (tertiary/aromatic N) is 4. The molecule has 3 heterocycles. The van der Waals surface area contributed by atoms with Gasteiger partial charge < -0.3 is 14.4 Å². The molecule has 2 aliphatic heterocycles. The lowest BCUT2D eigenvalue weighted by Gasteiger charge is -2.35. The highest BCUT2D eigenvalue weighted by atomic mass is 35.5. The molecule has 0 radical (unpaired) electrons. The zero-order valence-corrected chi connectivity index (χ0v) is 18.9. The van der Waals surface area contributed by atoms with E-state index in [-0.39, 0.29) is 4.90 Å². The van der Waals surface area contributed by atoms with Crippen molar-refractivity contribution >= 4 is 27.4 Å². The van der Waals surface area contributed by atoms with Gasteiger partial charge in [-0.15, -0.1) is 0 Å². The van der Waals surface area contributed by atoms with E-state index < -0.39 is 10.0 Å². The van der Waals surface area contributed by atoms with Crippen molar-refractivity contribution in [3.8, 4) is 5.75 Å². The molecule has 0 saturated carbocycles. The number of ether oxygens (including phenoxy) is 2. The van der Waals surface area contributed by atoms with E-state index in [1.165, 1.54) is 4.31 Å². The summed E-state index contributed by atoms with van der Waals surface area (Å²) in [5.74, 6) is 1.62. The minimum atomic E-state index is -3.47. The Hall–Kier alpha value is -1.91. The van der Waals surface area contributed by atoms with Crippen LogP contribution < -0.4 is 9.64 Å². The van der Waals surface area contributed by atoms with Gasteiger partial charge in [0.2, 0.25) is 10.0 Å². The van der Waals surface area contributed by atoms with Crippen molar-refractivity contribution in [1.82, 2.24) is 14.2 Å². The van der Waals surface area contributed by atoms with Crippen molar-refractivity contribution in [3.05, 3.63) is 47.6 Å². The zero-order chi connectivity index (χ0) is 21.7. The summed E-state index contributed by atoms with van der Waals surface area (Å²) in [6.07, 6.45) is 1.68. The molecule has 10 heteroatoms. The standard InChI is InChI=1S/C21H27ClN4O4S/c22-18-1-6-21(23-17-18)25-9-7-24(8-10-25)11-16-30-19-2-4-20(5-3-19)31(27,28)26-12-14-29-15-13-26/h1-6,17H,7-16H2. The number of rotatable bonds is 7. The molecule has 0 amide bonds. The maximum absolute atomic E-state index is 12.7. The topological polar surface area (TPSA) is 75.2 Å². The second-order valence-corrected chi connectivity index (χ2v) is 9.87. The summed E-state index contributed by atoms with van der Waals surface area (Å²) >= 11 is 5.91. The van der Waals surface area contributed by atoms with Crippen LogP contribution in [0.25, 0.3) is 0 Å². The summed E-state index contributed by atoms with van der Waals surface area (Å²) in [5.41, 5.74) is 0. The Balaban J connectivity index is 1.22. The van der Waals surface area contributed by atoms with Gasteiger partial charge in [0.15, 0.2) is 0 Å². The number of anilines is 1. The number of aromatic nitrogens is 1. The largest absolute Gasteiger partial charge is 0.492 e. The minimum absolute atomic E-state index is 0.286. The number of morpholine rings is 1. The molecule has 1 aromatic heterocycles. The van der Waals surface area contributed by atoms with Crippen LogP contribution in [-0.4, -0.2) is 88.2 Å². The maximum atomic E-state index is 12.7. The van der Waals surface area contributed by atoms with E-state index in [4.69, 9.17) is 21.1 Å². The Morgan fingerprint density at radius 2 is 1.68 bits per heavy atom. The number of hydrogen-bond acceptors (Lipinski definition) is 7. The Bertz CT molecular complexity index is 942. The fraction of sp³-hybridized carbons (Fsp3) is 0.476. The average Bonchev–Trinajstić information content (AvgIpc) is 2.81. The molecule has 0 N–H and O–H groups in total. The molecule has 0 spiro atoms. The molecule has 0 bridgehead atoms. The first-order valence-corrected chi connectivity index (χ1v) is 12.2. The van der Waals surface area contributed by atoms with E-state index >= 15 is 0 Å². The molecule has 0 aliphatic carbocycles. The molecule has 31 heavy (non-hydrogen) atoms. The monoisotopic (exact) mass is 466 g/mol. The minimum Gasteiger partial charge on any atom is -0.492 e. The summed E-state index contributed by atoms with van der Waals surface area (Å²) in [7, 11) is -3.47. The van der Waals surface area contributed by atoms with Gasteiger partial charge in [0.05, 0.1) is 23.1 Å². The third kappa shape index (κ3) is 5.67. The molecule has 2 aliphatic rings. The van der Waals surface area contributed by atoms with Gasteiger partial charge in [-0.25, -0.2) is 13.4 Å². The first kappa shape index (κ1) is 22.3. The lowest BCUT2D eigenvalue weighted by molar-refractivity contribution is 0.0730. The van der Waals surface area contributed by atoms with Gasteiger partial charge >= 0.3 is 0 Å². The first-order chi connectivity index (χ1) is 15.0. The zero-order valence-electron chi connectivity index (χ0n) is 17.3. The van der Waals surface area contributed by atoms with Crippen LogP contribution in [0.3, 0.4) is 0 Å². The van der Waals surface area contributed by atoms with E-state index in [9.17, 15) is 8.42 Å². The maximum Gasteiger partial charge on any atom is 0.243 e. The molecule has 2 fully saturated rings. The summed E-state index contributed by atoms with van der Waals surface area (Å²) in [5, 5.41) is 0.645. The SMILES string of the molecule is O=S(=O)(c1ccc(OCCN2CCN(c3ccc(Cl)cn3)CC2)cc1)N1CCOCC1. The molecule has 2 saturated heterocycles. The number of halogens is 1. The highest BCUT2D eigenvalue weighted by Crippen LogP contribution is 2.21. The Kier molecular flexibility index (Phi) is 7.29. The van der Waals surface area contributed by atoms with Gasteiger partial charge in [0.25, 0.3) is 0 Å². The third-order valence-electron chi connectivity index (χ3n) is 5.52. The van der Waals surface area contributed by atoms with Gasteiger partial charge in [-0.3, -0.25) is 4.90 Å². The fourth-order valence-electron chi connectivity index (χ4n) is 3.69. The predicted molar refractivity (Wildman–Crippen MR) is 119 cm³/mol. The normalized spacial score (nSPS) is 18.8. The van der Waals surface area contributed by atoms with Crippen molar-refractivity contribution in [2.75, 3.05) is 70.5 Å². The number of benzene rings is 1. The summed E-state index contributed by atoms with van der Waals surface area (Å²) in [6.45, 7) is 6.70. The van der Waals surface area contributed by atoms with E-state index in [0.29, 0.717) is 43.7 Å². The lowest BCUT2D eigenvalue weighted by atomic mass is 10.3. The number of sulfonamides is 1. The van der Waals surface area contributed by atoms with Gasteiger partial charge in [0, 0.05) is 52.0 Å². The lowest BCUT2D eigenvalue weighted by Crippen LogP contribution is -2.47. The van der Waals surface area contributed by atoms with Crippen LogP contribution >= 0.6 is 11.6 Å². The van der Waals surface area contributed by atoms with Crippen LogP contribution in [0.4, 0.5) is 5.82 Å². The Morgan fingerprint density at radius 3 is 2.32 bits per heavy atom. The average molecular weight is 467 g/mol. The highest BCUT2D eigenvalue weighted by molar-refractivity contribution is 7.89. The van der Waals surface area contributed by atoms with Crippen LogP contribution in [-0.2, 0) is 14.8 Å². The highest BCUT2D eigenvalue weighted by Gasteiger charge is 2.26. The van der Waals surface area contributed by atoms with Crippen LogP contribution in [0.15, 0.2) is 47.5 Å². The van der Waals surface area contributed by atoms with Crippen molar-refractivity contribution in [2.24, 2.45) is 0 Å². The molecule has 4 rings (SSSR count). The quantitative estimate of drug-likeness (QED) is 0.617. The van der Waals surface area contributed by atoms with Crippen LogP contribution in [0.5, 0.6) is 5.75 Å². The first-order valence-electron chi connectivity index (χ1n) is 10.4. The smallest absolute Gasteiger partial charge is 0.243 e. The second-order valence-electron chi connectivity index (χ2n) is 7.50. The van der Waals surface area contributed by atoms with E-state index in [2.05, 4.69) is 14.8 Å². The van der Waals surface area contributed by atoms with Crippen LogP contribution in [0.1, 0.15) is 0 Å². The molecule has 168 valence electrons. The number of hydrogen-bond donors (Lipinski definition) is 0. The predicted octanol–water partition coefficient (Wildman–Crippen LogP) is 1.96. The van der Waals surface area contributed by atoms with E-state index in [0.717, 1.165) is 38.5 Å². The van der Waals surface area contributed by atoms with Gasteiger partial charge in [-0.1, -0.05) is 11.6 Å². The van der Waals surface area contributed by atoms with E-state index in [1.807, 2.05) is 12.1 Å². The summed E-state index contributed by atoms with van der Waals surface area (Å²) in [4.78, 5) is 9.27. The molecular formula is C21H27ClN4O4S. The summed E-state index contributed by atoms with van der Waals surface area (Å²) < 4.78 is 37.9. The number of piperazine rings is 1. The van der Waals surface area contributed by atoms with E-state index in [1.54, 1.807) is 30.5 Å². The van der Waals surface area contributed by atoms with Crippen molar-refractivity contribution < 1.29 is 17.9 Å². The Labute approximate surface area is 188 Å². The van der Waals surface area contributed by atoms with Crippen LogP contribution in [0, 0.1) is 0 Å². The molecule has 8 nitrogen and oxygen atoms in total. The van der Waals surface area contributed by atoms with Crippen molar-refractivity contribution in [1.29, 1.82) is 0 Å². The molecule has 0 unspecified atom stereocenters. The summed E-state index contributed by atoms with van der Waals surface area (Å²) in [6, 6.07) is 10.5. The Morgan fingerprint density at radius 1 is 0.968 bits per heavy atom. The fourth-order valence-corrected chi connectivity index (χ4v) is 5.21. The second kappa shape index (κ2) is 10.1. The van der Waals surface area contributed by atoms with Gasteiger partial charge in [0.1, 0.15) is 18.2 Å². The third-order valence-corrected chi connectivity index (χ3v) is 7.65. The molecule has 1 aromatic carbocycles. The van der Waals surface area contributed by atoms with Gasteiger partial charge in [-0.05, 0) is 36.4 Å². The molecule has 2 aromatic rings. The van der Waals surface area contributed by atoms with Crippen molar-refractivity contribution in [3.63, 3.8) is 0 Å². The van der Waals surface area contributed by atoms with Crippen LogP contribution in [0.2, 0.25) is 5.02 Å². The number of pyridine rings is 1.